The van der Waals surface area contributed by atoms with E-state index in [-0.39, 0.29) is 5.91 Å². The molecule has 1 saturated carbocycles. The van der Waals surface area contributed by atoms with Gasteiger partial charge in [-0.05, 0) is 42.7 Å². The van der Waals surface area contributed by atoms with Gasteiger partial charge in [0.2, 0.25) is 5.91 Å². The molecule has 4 rings (SSSR count). The van der Waals surface area contributed by atoms with E-state index in [1.54, 1.807) is 18.0 Å². The Balaban J connectivity index is 1.49. The van der Waals surface area contributed by atoms with Gasteiger partial charge in [-0.2, -0.15) is 0 Å². The first-order valence-electron chi connectivity index (χ1n) is 9.30. The van der Waals surface area contributed by atoms with Crippen LogP contribution in [0.4, 0.5) is 5.69 Å². The largest absolute Gasteiger partial charge is 0.329 e. The van der Waals surface area contributed by atoms with Gasteiger partial charge in [0.15, 0.2) is 5.16 Å². The Kier molecular flexibility index (Phi) is 5.03. The number of imidazole rings is 1. The molecule has 5 heteroatoms. The molecule has 1 aliphatic carbocycles. The van der Waals surface area contributed by atoms with Crippen molar-refractivity contribution in [2.45, 2.75) is 41.2 Å². The van der Waals surface area contributed by atoms with Gasteiger partial charge in [0.1, 0.15) is 0 Å². The third kappa shape index (κ3) is 3.65. The molecule has 0 bridgehead atoms. The summed E-state index contributed by atoms with van der Waals surface area (Å²) in [5.41, 5.74) is 1.56. The summed E-state index contributed by atoms with van der Waals surface area (Å²) in [5.74, 6) is 0.107. The maximum Gasteiger partial charge on any atom is 0.235 e. The lowest BCUT2D eigenvalue weighted by Crippen LogP contribution is -2.37. The van der Waals surface area contributed by atoms with Gasteiger partial charge < -0.3 is 9.88 Å². The molecule has 0 unspecified atom stereocenters. The van der Waals surface area contributed by atoms with Crippen molar-refractivity contribution in [2.24, 2.45) is 7.05 Å². The Morgan fingerprint density at radius 2 is 1.78 bits per heavy atom. The van der Waals surface area contributed by atoms with Crippen LogP contribution in [0.5, 0.6) is 0 Å². The number of rotatable bonds is 5. The molecular formula is C22H23N3OS. The van der Waals surface area contributed by atoms with E-state index in [9.17, 15) is 4.79 Å². The molecule has 27 heavy (non-hydrogen) atoms. The second kappa shape index (κ2) is 7.61. The van der Waals surface area contributed by atoms with Gasteiger partial charge in [-0.1, -0.05) is 54.9 Å². The molecule has 0 radical (unpaired) electrons. The van der Waals surface area contributed by atoms with Crippen molar-refractivity contribution in [3.8, 4) is 0 Å². The average Bonchev–Trinajstić information content (AvgIpc) is 3.35. The molecule has 2 aromatic carbocycles. The molecular weight excluding hydrogens is 354 g/mol. The molecule has 0 atom stereocenters. The number of aryl methyl sites for hydroxylation is 1. The summed E-state index contributed by atoms with van der Waals surface area (Å²) >= 11 is 1.61. The minimum atomic E-state index is -0.401. The number of nitrogens with zero attached hydrogens (tertiary/aromatic N) is 2. The molecule has 0 saturated heterocycles. The Bertz CT molecular complexity index is 912. The van der Waals surface area contributed by atoms with E-state index in [1.807, 2.05) is 60.3 Å². The zero-order chi connectivity index (χ0) is 18.7. The highest BCUT2D eigenvalue weighted by atomic mass is 32.2. The number of carbonyl (C=O) groups is 1. The third-order valence-electron chi connectivity index (χ3n) is 5.32. The number of amides is 1. The van der Waals surface area contributed by atoms with Crippen LogP contribution in [0.2, 0.25) is 0 Å². The number of anilines is 1. The van der Waals surface area contributed by atoms with E-state index in [0.29, 0.717) is 0 Å². The molecule has 1 fully saturated rings. The second-order valence-electron chi connectivity index (χ2n) is 7.06. The fraction of sp³-hybridized carbons (Fsp3) is 0.273. The van der Waals surface area contributed by atoms with Gasteiger partial charge in [-0.15, -0.1) is 0 Å². The van der Waals surface area contributed by atoms with Gasteiger partial charge in [0.25, 0.3) is 0 Å². The minimum absolute atomic E-state index is 0.107. The van der Waals surface area contributed by atoms with Gasteiger partial charge in [0.05, 0.1) is 5.41 Å². The van der Waals surface area contributed by atoms with Crippen molar-refractivity contribution in [3.05, 3.63) is 72.6 Å². The van der Waals surface area contributed by atoms with Gasteiger partial charge in [-0.25, -0.2) is 4.98 Å². The fourth-order valence-corrected chi connectivity index (χ4v) is 4.60. The topological polar surface area (TPSA) is 46.9 Å². The smallest absolute Gasteiger partial charge is 0.235 e. The Labute approximate surface area is 164 Å². The van der Waals surface area contributed by atoms with E-state index in [0.717, 1.165) is 47.0 Å². The van der Waals surface area contributed by atoms with Gasteiger partial charge in [0, 0.05) is 30.0 Å². The van der Waals surface area contributed by atoms with E-state index in [2.05, 4.69) is 22.4 Å². The van der Waals surface area contributed by atoms with Crippen LogP contribution in [0.1, 0.15) is 31.2 Å². The van der Waals surface area contributed by atoms with Crippen molar-refractivity contribution in [1.29, 1.82) is 0 Å². The molecule has 0 spiro atoms. The van der Waals surface area contributed by atoms with Crippen LogP contribution in [-0.4, -0.2) is 15.5 Å². The molecule has 0 aliphatic heterocycles. The Morgan fingerprint density at radius 3 is 2.41 bits per heavy atom. The Morgan fingerprint density at radius 1 is 1.07 bits per heavy atom. The molecule has 3 aromatic rings. The van der Waals surface area contributed by atoms with Gasteiger partial charge >= 0.3 is 0 Å². The van der Waals surface area contributed by atoms with Crippen LogP contribution < -0.4 is 5.32 Å². The van der Waals surface area contributed by atoms with E-state index >= 15 is 0 Å². The number of benzene rings is 2. The maximum atomic E-state index is 13.2. The fourth-order valence-electron chi connectivity index (χ4n) is 3.80. The summed E-state index contributed by atoms with van der Waals surface area (Å²) in [6.07, 6.45) is 7.75. The quantitative estimate of drug-likeness (QED) is 0.679. The van der Waals surface area contributed by atoms with Crippen molar-refractivity contribution >= 4 is 23.4 Å². The number of aromatic nitrogens is 2. The Hall–Kier alpha value is -2.53. The van der Waals surface area contributed by atoms with Crippen LogP contribution in [0.3, 0.4) is 0 Å². The summed E-state index contributed by atoms with van der Waals surface area (Å²) in [4.78, 5) is 18.6. The second-order valence-corrected chi connectivity index (χ2v) is 8.10. The highest BCUT2D eigenvalue weighted by Crippen LogP contribution is 2.42. The standard InChI is InChI=1S/C22H23N3OS/c1-25-16-15-23-21(25)27-19-11-9-18(10-12-19)24-20(26)22(13-5-6-14-22)17-7-3-2-4-8-17/h2-4,7-12,15-16H,5-6,13-14H2,1H3,(H,24,26). The maximum absolute atomic E-state index is 13.2. The lowest BCUT2D eigenvalue weighted by atomic mass is 9.78. The zero-order valence-electron chi connectivity index (χ0n) is 15.4. The monoisotopic (exact) mass is 377 g/mol. The minimum Gasteiger partial charge on any atom is -0.329 e. The summed E-state index contributed by atoms with van der Waals surface area (Å²) in [6.45, 7) is 0. The predicted octanol–water partition coefficient (Wildman–Crippen LogP) is 5.02. The molecule has 138 valence electrons. The van der Waals surface area contributed by atoms with Crippen LogP contribution in [-0.2, 0) is 17.3 Å². The molecule has 1 heterocycles. The first-order chi connectivity index (χ1) is 13.2. The summed E-state index contributed by atoms with van der Waals surface area (Å²) in [5, 5.41) is 4.10. The van der Waals surface area contributed by atoms with E-state index in [1.165, 1.54) is 0 Å². The van der Waals surface area contributed by atoms with Crippen molar-refractivity contribution in [2.75, 3.05) is 5.32 Å². The first kappa shape index (κ1) is 17.9. The summed E-state index contributed by atoms with van der Waals surface area (Å²) < 4.78 is 1.99. The predicted molar refractivity (Wildman–Crippen MR) is 109 cm³/mol. The molecule has 1 aromatic heterocycles. The summed E-state index contributed by atoms with van der Waals surface area (Å²) in [6, 6.07) is 18.2. The molecule has 1 aliphatic rings. The van der Waals surface area contributed by atoms with E-state index in [4.69, 9.17) is 0 Å². The van der Waals surface area contributed by atoms with Crippen molar-refractivity contribution < 1.29 is 4.79 Å². The number of nitrogens with one attached hydrogen (secondary N) is 1. The van der Waals surface area contributed by atoms with E-state index < -0.39 is 5.41 Å². The SMILES string of the molecule is Cn1ccnc1Sc1ccc(NC(=O)C2(c3ccccc3)CCCC2)cc1. The lowest BCUT2D eigenvalue weighted by molar-refractivity contribution is -0.121. The lowest BCUT2D eigenvalue weighted by Gasteiger charge is -2.28. The van der Waals surface area contributed by atoms with Crippen molar-refractivity contribution in [1.82, 2.24) is 9.55 Å². The normalized spacial score (nSPS) is 15.6. The van der Waals surface area contributed by atoms with Crippen molar-refractivity contribution in [3.63, 3.8) is 0 Å². The van der Waals surface area contributed by atoms with Gasteiger partial charge in [-0.3, -0.25) is 4.79 Å². The highest BCUT2D eigenvalue weighted by Gasteiger charge is 2.42. The van der Waals surface area contributed by atoms with Crippen LogP contribution in [0.15, 0.2) is 77.0 Å². The van der Waals surface area contributed by atoms with Crippen LogP contribution in [0.25, 0.3) is 0 Å². The number of hydrogen-bond donors (Lipinski definition) is 1. The van der Waals surface area contributed by atoms with Crippen LogP contribution in [0, 0.1) is 0 Å². The number of hydrogen-bond acceptors (Lipinski definition) is 3. The third-order valence-corrected chi connectivity index (χ3v) is 6.40. The average molecular weight is 378 g/mol. The highest BCUT2D eigenvalue weighted by molar-refractivity contribution is 7.99. The summed E-state index contributed by atoms with van der Waals surface area (Å²) in [7, 11) is 1.98. The van der Waals surface area contributed by atoms with Crippen LogP contribution >= 0.6 is 11.8 Å². The number of carbonyl (C=O) groups excluding carboxylic acids is 1. The zero-order valence-corrected chi connectivity index (χ0v) is 16.2. The molecule has 1 amide bonds. The molecule has 4 nitrogen and oxygen atoms in total. The first-order valence-corrected chi connectivity index (χ1v) is 10.1. The molecule has 1 N–H and O–H groups in total.